The molecule has 3 aliphatic heterocycles. The van der Waals surface area contributed by atoms with Gasteiger partial charge in [-0.1, -0.05) is 74.9 Å². The molecule has 5 aliphatic rings. The molecular formula is C40H58N6O3S. The number of amides is 2. The van der Waals surface area contributed by atoms with Gasteiger partial charge in [-0.25, -0.2) is 4.99 Å². The van der Waals surface area contributed by atoms with Crippen LogP contribution in [0.3, 0.4) is 0 Å². The molecule has 9 nitrogen and oxygen atoms in total. The molecule has 1 aromatic carbocycles. The van der Waals surface area contributed by atoms with Crippen LogP contribution in [-0.4, -0.2) is 95.5 Å². The van der Waals surface area contributed by atoms with E-state index in [4.69, 9.17) is 9.73 Å². The van der Waals surface area contributed by atoms with Gasteiger partial charge in [0.05, 0.1) is 25.2 Å². The number of piperazine rings is 1. The number of aliphatic imine (C=N–C) groups is 1. The molecule has 1 aromatic heterocycles. The fourth-order valence-corrected chi connectivity index (χ4v) is 9.75. The lowest BCUT2D eigenvalue weighted by Crippen LogP contribution is -2.64. The predicted octanol–water partition coefficient (Wildman–Crippen LogP) is 6.12. The third-order valence-electron chi connectivity index (χ3n) is 12.0. The van der Waals surface area contributed by atoms with Crippen LogP contribution < -0.4 is 10.6 Å². The van der Waals surface area contributed by atoms with E-state index in [9.17, 15) is 9.59 Å². The number of nitrogens with one attached hydrogen (secondary N) is 2. The molecule has 0 spiro atoms. The summed E-state index contributed by atoms with van der Waals surface area (Å²) in [4.78, 5) is 41.6. The van der Waals surface area contributed by atoms with Gasteiger partial charge in [0.25, 0.3) is 6.02 Å². The van der Waals surface area contributed by atoms with Crippen LogP contribution >= 0.6 is 11.3 Å². The van der Waals surface area contributed by atoms with Gasteiger partial charge in [0, 0.05) is 30.1 Å². The van der Waals surface area contributed by atoms with Gasteiger partial charge < -0.3 is 30.1 Å². The Kier molecular flexibility index (Phi) is 12.1. The van der Waals surface area contributed by atoms with E-state index in [-0.39, 0.29) is 30.0 Å². The SMILES string of the molecule is C[C@@H]1N=C(N2CCN(C(=O)[C@@H](CC3CCN(C4CCCCC4)CC3)NC3CCCCC3)[C@H](C(=O)NCc3cccs3)C2)O[C@H]1c1ccccc1. The number of likely N-dealkylation sites (tertiary alicyclic amines) is 1. The number of piperidine rings is 1. The maximum atomic E-state index is 14.8. The van der Waals surface area contributed by atoms with Crippen molar-refractivity contribution >= 4 is 29.2 Å². The van der Waals surface area contributed by atoms with Crippen LogP contribution in [-0.2, 0) is 20.9 Å². The van der Waals surface area contributed by atoms with Gasteiger partial charge in [-0.3, -0.25) is 9.59 Å². The zero-order valence-electron chi connectivity index (χ0n) is 30.0. The van der Waals surface area contributed by atoms with Crippen LogP contribution in [0.5, 0.6) is 0 Å². The number of carbonyl (C=O) groups is 2. The third-order valence-corrected chi connectivity index (χ3v) is 12.9. The Hall–Kier alpha value is -2.95. The summed E-state index contributed by atoms with van der Waals surface area (Å²) >= 11 is 1.63. The summed E-state index contributed by atoms with van der Waals surface area (Å²) in [6, 6.07) is 15.0. The van der Waals surface area contributed by atoms with Gasteiger partial charge in [-0.15, -0.1) is 11.3 Å². The minimum absolute atomic E-state index is 0.0354. The van der Waals surface area contributed by atoms with E-state index in [0.29, 0.717) is 44.2 Å². The monoisotopic (exact) mass is 702 g/mol. The maximum absolute atomic E-state index is 14.8. The first kappa shape index (κ1) is 35.5. The van der Waals surface area contributed by atoms with Crippen molar-refractivity contribution in [2.45, 2.75) is 133 Å². The van der Waals surface area contributed by atoms with Crippen molar-refractivity contribution in [3.63, 3.8) is 0 Å². The first-order chi connectivity index (χ1) is 24.5. The maximum Gasteiger partial charge on any atom is 0.288 e. The minimum atomic E-state index is -0.627. The highest BCUT2D eigenvalue weighted by Crippen LogP contribution is 2.32. The summed E-state index contributed by atoms with van der Waals surface area (Å²) < 4.78 is 6.47. The lowest BCUT2D eigenvalue weighted by Gasteiger charge is -2.44. The molecule has 50 heavy (non-hydrogen) atoms. The van der Waals surface area contributed by atoms with Crippen molar-refractivity contribution in [2.75, 3.05) is 32.7 Å². The number of ether oxygens (including phenoxy) is 1. The van der Waals surface area contributed by atoms with Crippen molar-refractivity contribution in [2.24, 2.45) is 10.9 Å². The standard InChI is InChI=1S/C40H58N6O3S/c1-29-37(31-12-5-2-6-13-31)49-40(42-29)45-23-24-46(36(28-45)38(47)41-27-34-18-11-25-50-34)39(48)35(43-32-14-7-3-8-15-32)26-30-19-21-44(22-20-30)33-16-9-4-10-17-33/h2,5-6,11-13,18,25,29-30,32-33,35-37,43H,3-4,7-10,14-17,19-24,26-28H2,1H3,(H,41,47)/t29-,35+,36-,37+/m0/s1. The van der Waals surface area contributed by atoms with E-state index < -0.39 is 6.04 Å². The Morgan fingerprint density at radius 1 is 0.900 bits per heavy atom. The second-order valence-electron chi connectivity index (χ2n) is 15.5. The van der Waals surface area contributed by atoms with Gasteiger partial charge in [0.15, 0.2) is 0 Å². The molecule has 2 saturated carbocycles. The molecule has 4 heterocycles. The van der Waals surface area contributed by atoms with Gasteiger partial charge in [-0.05, 0) is 87.9 Å². The fourth-order valence-electron chi connectivity index (χ4n) is 9.11. The summed E-state index contributed by atoms with van der Waals surface area (Å²) in [5.74, 6) is 0.496. The zero-order chi connectivity index (χ0) is 34.3. The van der Waals surface area contributed by atoms with Crippen LogP contribution in [0.4, 0.5) is 0 Å². The Bertz CT molecular complexity index is 1400. The molecule has 10 heteroatoms. The molecule has 2 aliphatic carbocycles. The van der Waals surface area contributed by atoms with Crippen LogP contribution in [0.1, 0.15) is 107 Å². The average molecular weight is 703 g/mol. The van der Waals surface area contributed by atoms with Crippen LogP contribution in [0.2, 0.25) is 0 Å². The Labute approximate surface area is 303 Å². The van der Waals surface area contributed by atoms with E-state index >= 15 is 0 Å². The van der Waals surface area contributed by atoms with Crippen LogP contribution in [0.15, 0.2) is 52.8 Å². The van der Waals surface area contributed by atoms with E-state index in [1.54, 1.807) is 11.3 Å². The summed E-state index contributed by atoms with van der Waals surface area (Å²) in [6.07, 6.45) is 15.8. The Morgan fingerprint density at radius 3 is 2.36 bits per heavy atom. The second kappa shape index (κ2) is 17.0. The van der Waals surface area contributed by atoms with E-state index in [0.717, 1.165) is 61.7 Å². The minimum Gasteiger partial charge on any atom is -0.455 e. The number of thiophene rings is 1. The first-order valence-electron chi connectivity index (χ1n) is 19.7. The normalized spacial score (nSPS) is 26.7. The summed E-state index contributed by atoms with van der Waals surface area (Å²) in [6.45, 7) is 6.26. The quantitative estimate of drug-likeness (QED) is 0.311. The van der Waals surface area contributed by atoms with Gasteiger partial charge >= 0.3 is 0 Å². The van der Waals surface area contributed by atoms with Crippen LogP contribution in [0, 0.1) is 5.92 Å². The molecule has 2 aromatic rings. The first-order valence-corrected chi connectivity index (χ1v) is 20.5. The zero-order valence-corrected chi connectivity index (χ0v) is 30.8. The van der Waals surface area contributed by atoms with Crippen molar-refractivity contribution in [1.82, 2.24) is 25.3 Å². The molecule has 2 amide bonds. The van der Waals surface area contributed by atoms with Gasteiger partial charge in [0.1, 0.15) is 12.1 Å². The lowest BCUT2D eigenvalue weighted by molar-refractivity contribution is -0.145. The van der Waals surface area contributed by atoms with Gasteiger partial charge in [0.2, 0.25) is 11.8 Å². The molecule has 0 bridgehead atoms. The highest BCUT2D eigenvalue weighted by molar-refractivity contribution is 7.09. The molecule has 2 saturated heterocycles. The summed E-state index contributed by atoms with van der Waals surface area (Å²) in [7, 11) is 0. The van der Waals surface area contributed by atoms with Crippen molar-refractivity contribution < 1.29 is 14.3 Å². The van der Waals surface area contributed by atoms with Crippen molar-refractivity contribution in [3.8, 4) is 0 Å². The highest BCUT2D eigenvalue weighted by Gasteiger charge is 2.42. The smallest absolute Gasteiger partial charge is 0.288 e. The third kappa shape index (κ3) is 8.73. The van der Waals surface area contributed by atoms with Crippen molar-refractivity contribution in [1.29, 1.82) is 0 Å². The van der Waals surface area contributed by atoms with Gasteiger partial charge in [-0.2, -0.15) is 0 Å². The summed E-state index contributed by atoms with van der Waals surface area (Å²) in [5, 5.41) is 9.09. The number of hydrogen-bond donors (Lipinski definition) is 2. The molecular weight excluding hydrogens is 645 g/mol. The molecule has 4 atom stereocenters. The molecule has 0 radical (unpaired) electrons. The fraction of sp³-hybridized carbons (Fsp3) is 0.675. The molecule has 4 fully saturated rings. The highest BCUT2D eigenvalue weighted by atomic mass is 32.1. The topological polar surface area (TPSA) is 89.5 Å². The number of benzene rings is 1. The molecule has 7 rings (SSSR count). The number of hydrogen-bond acceptors (Lipinski definition) is 8. The second-order valence-corrected chi connectivity index (χ2v) is 16.5. The number of carbonyl (C=O) groups excluding carboxylic acids is 2. The van der Waals surface area contributed by atoms with E-state index in [1.165, 1.54) is 51.4 Å². The number of amidine groups is 1. The largest absolute Gasteiger partial charge is 0.455 e. The molecule has 272 valence electrons. The number of rotatable bonds is 10. The predicted molar refractivity (Wildman–Crippen MR) is 200 cm³/mol. The molecule has 0 unspecified atom stereocenters. The van der Waals surface area contributed by atoms with E-state index in [1.807, 2.05) is 40.6 Å². The summed E-state index contributed by atoms with van der Waals surface area (Å²) in [5.41, 5.74) is 1.10. The van der Waals surface area contributed by atoms with Crippen molar-refractivity contribution in [3.05, 3.63) is 58.3 Å². The lowest BCUT2D eigenvalue weighted by atomic mass is 9.86. The van der Waals surface area contributed by atoms with E-state index in [2.05, 4.69) is 39.5 Å². The Balaban J connectivity index is 1.06. The van der Waals surface area contributed by atoms with Crippen LogP contribution in [0.25, 0.3) is 0 Å². The average Bonchev–Trinajstić information content (AvgIpc) is 3.84. The molecule has 2 N–H and O–H groups in total. The number of nitrogens with zero attached hydrogens (tertiary/aromatic N) is 4. The Morgan fingerprint density at radius 2 is 1.64 bits per heavy atom.